The van der Waals surface area contributed by atoms with Crippen LogP contribution in [0.25, 0.3) is 5.65 Å². The van der Waals surface area contributed by atoms with Crippen molar-refractivity contribution in [2.75, 3.05) is 5.32 Å². The number of anilines is 1. The van der Waals surface area contributed by atoms with Crippen LogP contribution in [0.2, 0.25) is 0 Å². The van der Waals surface area contributed by atoms with Gasteiger partial charge in [0.05, 0.1) is 0 Å². The number of benzene rings is 1. The van der Waals surface area contributed by atoms with Crippen LogP contribution in [0, 0.1) is 0 Å². The van der Waals surface area contributed by atoms with Crippen LogP contribution >= 0.6 is 11.8 Å². The number of pyridine rings is 1. The molecule has 0 aliphatic rings. The summed E-state index contributed by atoms with van der Waals surface area (Å²) >= 11 is 1.71. The molecule has 0 aliphatic heterocycles. The molecule has 0 bridgehead atoms. The van der Waals surface area contributed by atoms with Crippen molar-refractivity contribution in [3.8, 4) is 0 Å². The summed E-state index contributed by atoms with van der Waals surface area (Å²) in [5.74, 6) is 1.43. The van der Waals surface area contributed by atoms with Crippen LogP contribution in [0.3, 0.4) is 0 Å². The molecular formula is C18H20N8S. The van der Waals surface area contributed by atoms with Gasteiger partial charge in [-0.2, -0.15) is 5.21 Å². The van der Waals surface area contributed by atoms with Crippen molar-refractivity contribution in [3.63, 3.8) is 0 Å². The van der Waals surface area contributed by atoms with E-state index >= 15 is 0 Å². The lowest BCUT2D eigenvalue weighted by molar-refractivity contribution is 0.538. The van der Waals surface area contributed by atoms with Crippen molar-refractivity contribution < 1.29 is 0 Å². The minimum Gasteiger partial charge on any atom is -0.347 e. The van der Waals surface area contributed by atoms with Gasteiger partial charge in [-0.1, -0.05) is 55.8 Å². The largest absolute Gasteiger partial charge is 0.347 e. The molecule has 8 nitrogen and oxygen atoms in total. The van der Waals surface area contributed by atoms with Gasteiger partial charge in [0.2, 0.25) is 0 Å². The standard InChI is InChI=1S/C18H20N8S/c1-18(2,3)16-21-20-15-9-8-13(11-26(15)16)27-14-7-5-4-6-12(14)10-19-17-22-24-25-23-17/h4-9,11H,10H2,1-3H3,(H2,19,22,23,24,25). The Morgan fingerprint density at radius 2 is 1.93 bits per heavy atom. The van der Waals surface area contributed by atoms with Gasteiger partial charge < -0.3 is 5.32 Å². The van der Waals surface area contributed by atoms with Gasteiger partial charge >= 0.3 is 0 Å². The minimum atomic E-state index is -0.0743. The first-order valence-electron chi connectivity index (χ1n) is 8.59. The Labute approximate surface area is 160 Å². The number of fused-ring (bicyclic) bond motifs is 1. The van der Waals surface area contributed by atoms with E-state index in [0.29, 0.717) is 12.5 Å². The summed E-state index contributed by atoms with van der Waals surface area (Å²) in [6, 6.07) is 12.3. The van der Waals surface area contributed by atoms with E-state index in [1.54, 1.807) is 11.8 Å². The summed E-state index contributed by atoms with van der Waals surface area (Å²) in [4.78, 5) is 2.29. The maximum atomic E-state index is 4.36. The lowest BCUT2D eigenvalue weighted by Gasteiger charge is -2.16. The molecule has 0 saturated heterocycles. The van der Waals surface area contributed by atoms with Crippen LogP contribution in [0.5, 0.6) is 0 Å². The molecule has 3 heterocycles. The zero-order valence-corrected chi connectivity index (χ0v) is 16.2. The highest BCUT2D eigenvalue weighted by atomic mass is 32.2. The molecule has 1 aromatic carbocycles. The van der Waals surface area contributed by atoms with E-state index in [4.69, 9.17) is 0 Å². The summed E-state index contributed by atoms with van der Waals surface area (Å²) in [6.45, 7) is 7.04. The van der Waals surface area contributed by atoms with Crippen LogP contribution in [0.4, 0.5) is 5.95 Å². The number of H-pyrrole nitrogens is 1. The number of tetrazole rings is 1. The lowest BCUT2D eigenvalue weighted by atomic mass is 9.96. The monoisotopic (exact) mass is 380 g/mol. The topological polar surface area (TPSA) is 96.7 Å². The zero-order chi connectivity index (χ0) is 18.9. The number of hydrogen-bond acceptors (Lipinski definition) is 7. The van der Waals surface area contributed by atoms with Crippen LogP contribution in [-0.4, -0.2) is 35.2 Å². The minimum absolute atomic E-state index is 0.0743. The molecule has 3 aromatic heterocycles. The summed E-state index contributed by atoms with van der Waals surface area (Å²) < 4.78 is 2.07. The van der Waals surface area contributed by atoms with Crippen molar-refractivity contribution >= 4 is 23.4 Å². The molecule has 138 valence electrons. The summed E-state index contributed by atoms with van der Waals surface area (Å²) in [5.41, 5.74) is 1.94. The zero-order valence-electron chi connectivity index (χ0n) is 15.3. The van der Waals surface area contributed by atoms with Gasteiger partial charge in [-0.15, -0.1) is 15.3 Å². The molecule has 27 heavy (non-hydrogen) atoms. The van der Waals surface area contributed by atoms with Crippen LogP contribution in [0.15, 0.2) is 52.4 Å². The van der Waals surface area contributed by atoms with E-state index in [-0.39, 0.29) is 5.41 Å². The SMILES string of the molecule is CC(C)(C)c1nnc2ccc(Sc3ccccc3CNc3nn[nH]n3)cn12. The fourth-order valence-corrected chi connectivity index (χ4v) is 3.70. The van der Waals surface area contributed by atoms with Gasteiger partial charge in [0, 0.05) is 27.9 Å². The van der Waals surface area contributed by atoms with Crippen molar-refractivity contribution in [3.05, 3.63) is 54.0 Å². The van der Waals surface area contributed by atoms with Crippen molar-refractivity contribution in [1.29, 1.82) is 0 Å². The van der Waals surface area contributed by atoms with Crippen molar-refractivity contribution in [1.82, 2.24) is 35.2 Å². The van der Waals surface area contributed by atoms with Crippen LogP contribution < -0.4 is 5.32 Å². The lowest BCUT2D eigenvalue weighted by Crippen LogP contribution is -2.15. The number of hydrogen-bond donors (Lipinski definition) is 2. The fraction of sp³-hybridized carbons (Fsp3) is 0.278. The van der Waals surface area contributed by atoms with Gasteiger partial charge in [-0.05, 0) is 29.0 Å². The number of aromatic nitrogens is 7. The van der Waals surface area contributed by atoms with Gasteiger partial charge in [0.15, 0.2) is 5.65 Å². The third-order valence-electron chi connectivity index (χ3n) is 4.03. The predicted octanol–water partition coefficient (Wildman–Crippen LogP) is 3.30. The molecule has 9 heteroatoms. The second-order valence-electron chi connectivity index (χ2n) is 7.17. The van der Waals surface area contributed by atoms with Gasteiger partial charge in [-0.3, -0.25) is 4.40 Å². The average Bonchev–Trinajstić information content (AvgIpc) is 3.30. The molecule has 4 aromatic rings. The Kier molecular flexibility index (Phi) is 4.53. The molecule has 0 fully saturated rings. The molecule has 2 N–H and O–H groups in total. The molecule has 4 rings (SSSR count). The van der Waals surface area contributed by atoms with Gasteiger partial charge in [-0.25, -0.2) is 0 Å². The molecular weight excluding hydrogens is 360 g/mol. The Bertz CT molecular complexity index is 1050. The summed E-state index contributed by atoms with van der Waals surface area (Å²) in [6.07, 6.45) is 2.10. The number of nitrogens with one attached hydrogen (secondary N) is 2. The Balaban J connectivity index is 1.60. The predicted molar refractivity (Wildman–Crippen MR) is 104 cm³/mol. The molecule has 0 radical (unpaired) electrons. The van der Waals surface area contributed by atoms with E-state index in [1.807, 2.05) is 18.2 Å². The number of rotatable bonds is 5. The molecule has 0 spiro atoms. The Morgan fingerprint density at radius 3 is 2.70 bits per heavy atom. The van der Waals surface area contributed by atoms with E-state index in [9.17, 15) is 0 Å². The normalized spacial score (nSPS) is 11.8. The Hall–Kier alpha value is -2.94. The van der Waals surface area contributed by atoms with Crippen molar-refractivity contribution in [2.24, 2.45) is 0 Å². The van der Waals surface area contributed by atoms with E-state index < -0.39 is 0 Å². The first-order chi connectivity index (χ1) is 13.0. The fourth-order valence-electron chi connectivity index (χ4n) is 2.73. The smallest absolute Gasteiger partial charge is 0.263 e. The molecule has 0 amide bonds. The quantitative estimate of drug-likeness (QED) is 0.548. The van der Waals surface area contributed by atoms with Crippen LogP contribution in [0.1, 0.15) is 32.2 Å². The second-order valence-corrected chi connectivity index (χ2v) is 8.28. The molecule has 0 atom stereocenters. The highest BCUT2D eigenvalue weighted by Gasteiger charge is 2.21. The highest BCUT2D eigenvalue weighted by molar-refractivity contribution is 7.99. The first kappa shape index (κ1) is 17.5. The molecule has 0 aliphatic carbocycles. The van der Waals surface area contributed by atoms with Crippen molar-refractivity contribution in [2.45, 2.75) is 42.5 Å². The van der Waals surface area contributed by atoms with E-state index in [2.05, 4.69) is 85.7 Å². The maximum Gasteiger partial charge on any atom is 0.263 e. The third kappa shape index (κ3) is 3.77. The highest BCUT2D eigenvalue weighted by Crippen LogP contribution is 2.32. The van der Waals surface area contributed by atoms with Gasteiger partial charge in [0.25, 0.3) is 5.95 Å². The van der Waals surface area contributed by atoms with Crippen LogP contribution in [-0.2, 0) is 12.0 Å². The molecule has 0 saturated carbocycles. The van der Waals surface area contributed by atoms with Gasteiger partial charge in [0.1, 0.15) is 5.82 Å². The summed E-state index contributed by atoms with van der Waals surface area (Å²) in [7, 11) is 0. The van der Waals surface area contributed by atoms with E-state index in [0.717, 1.165) is 21.9 Å². The molecule has 0 unspecified atom stereocenters. The average molecular weight is 380 g/mol. The third-order valence-corrected chi connectivity index (χ3v) is 5.12. The second kappa shape index (κ2) is 6.99. The maximum absolute atomic E-state index is 4.36. The first-order valence-corrected chi connectivity index (χ1v) is 9.41. The number of aromatic amines is 1. The Morgan fingerprint density at radius 1 is 1.07 bits per heavy atom. The van der Waals surface area contributed by atoms with E-state index in [1.165, 1.54) is 4.90 Å². The number of nitrogens with zero attached hydrogens (tertiary/aromatic N) is 6. The summed E-state index contributed by atoms with van der Waals surface area (Å²) in [5, 5.41) is 25.7.